The van der Waals surface area contributed by atoms with Crippen molar-refractivity contribution in [1.29, 1.82) is 0 Å². The second kappa shape index (κ2) is 9.43. The average molecular weight is 253 g/mol. The maximum atomic E-state index is 5.68. The summed E-state index contributed by atoms with van der Waals surface area (Å²) in [4.78, 5) is 0. The monoisotopic (exact) mass is 253 g/mol. The lowest BCUT2D eigenvalue weighted by Gasteiger charge is -2.29. The summed E-state index contributed by atoms with van der Waals surface area (Å²) in [5.74, 6) is 0.882. The molecule has 1 aliphatic rings. The van der Waals surface area contributed by atoms with Crippen molar-refractivity contribution in [3.05, 3.63) is 12.3 Å². The number of nitrogens with one attached hydrogen (secondary N) is 1. The van der Waals surface area contributed by atoms with Gasteiger partial charge in [0, 0.05) is 13.2 Å². The Labute approximate surface area is 113 Å². The van der Waals surface area contributed by atoms with Crippen LogP contribution in [0.15, 0.2) is 12.3 Å². The van der Waals surface area contributed by atoms with E-state index in [4.69, 9.17) is 4.74 Å². The molecule has 0 bridgehead atoms. The molecular weight excluding hydrogens is 222 g/mol. The van der Waals surface area contributed by atoms with E-state index in [9.17, 15) is 0 Å². The minimum absolute atomic E-state index is 0.347. The minimum atomic E-state index is 0.347. The Bertz CT molecular complexity index is 221. The van der Waals surface area contributed by atoms with Crippen molar-refractivity contribution in [1.82, 2.24) is 5.32 Å². The molecule has 1 aliphatic carbocycles. The third-order valence-corrected chi connectivity index (χ3v) is 4.08. The first-order chi connectivity index (χ1) is 8.77. The molecule has 2 nitrogen and oxygen atoms in total. The molecule has 0 aliphatic heterocycles. The van der Waals surface area contributed by atoms with E-state index in [-0.39, 0.29) is 0 Å². The molecule has 0 amide bonds. The van der Waals surface area contributed by atoms with E-state index >= 15 is 0 Å². The van der Waals surface area contributed by atoms with Crippen LogP contribution in [0.1, 0.15) is 65.2 Å². The zero-order valence-corrected chi connectivity index (χ0v) is 12.5. The van der Waals surface area contributed by atoms with Gasteiger partial charge in [-0.3, -0.25) is 0 Å². The average Bonchev–Trinajstić information content (AvgIpc) is 2.42. The summed E-state index contributed by atoms with van der Waals surface area (Å²) in [5, 5.41) is 3.45. The van der Waals surface area contributed by atoms with E-state index in [0.29, 0.717) is 12.1 Å². The number of unbranched alkanes of at least 4 members (excludes halogenated alkanes) is 1. The fourth-order valence-electron chi connectivity index (χ4n) is 2.83. The molecule has 0 aromatic rings. The molecule has 2 atom stereocenters. The Balaban J connectivity index is 2.29. The van der Waals surface area contributed by atoms with E-state index < -0.39 is 0 Å². The second-order valence-corrected chi connectivity index (χ2v) is 5.66. The topological polar surface area (TPSA) is 21.3 Å². The number of hydrogen-bond acceptors (Lipinski definition) is 2. The van der Waals surface area contributed by atoms with Crippen molar-refractivity contribution in [2.24, 2.45) is 5.92 Å². The Morgan fingerprint density at radius 3 is 2.61 bits per heavy atom. The predicted octanol–water partition coefficient (Wildman–Crippen LogP) is 4.26. The molecule has 0 spiro atoms. The van der Waals surface area contributed by atoms with Crippen molar-refractivity contribution in [3.63, 3.8) is 0 Å². The van der Waals surface area contributed by atoms with Crippen molar-refractivity contribution in [3.8, 4) is 0 Å². The SMILES string of the molecule is CCC/C=C/NC(C)C(CC1CCCCC1)OC. The van der Waals surface area contributed by atoms with Gasteiger partial charge in [0.05, 0.1) is 6.10 Å². The van der Waals surface area contributed by atoms with Crippen molar-refractivity contribution in [2.75, 3.05) is 7.11 Å². The van der Waals surface area contributed by atoms with Gasteiger partial charge >= 0.3 is 0 Å². The molecule has 1 saturated carbocycles. The first-order valence-corrected chi connectivity index (χ1v) is 7.71. The first-order valence-electron chi connectivity index (χ1n) is 7.71. The first kappa shape index (κ1) is 15.6. The van der Waals surface area contributed by atoms with Crippen LogP contribution in [0.25, 0.3) is 0 Å². The Morgan fingerprint density at radius 1 is 1.28 bits per heavy atom. The van der Waals surface area contributed by atoms with Crippen LogP contribution in [0.5, 0.6) is 0 Å². The lowest BCUT2D eigenvalue weighted by atomic mass is 9.84. The third-order valence-electron chi connectivity index (χ3n) is 4.08. The number of rotatable bonds is 8. The highest BCUT2D eigenvalue weighted by Crippen LogP contribution is 2.28. The Morgan fingerprint density at radius 2 is 2.00 bits per heavy atom. The van der Waals surface area contributed by atoms with Crippen LogP contribution in [-0.2, 0) is 4.74 Å². The molecule has 1 rings (SSSR count). The summed E-state index contributed by atoms with van der Waals surface area (Å²) in [6, 6.07) is 0.407. The van der Waals surface area contributed by atoms with Crippen LogP contribution in [0.3, 0.4) is 0 Å². The minimum Gasteiger partial charge on any atom is -0.386 e. The van der Waals surface area contributed by atoms with E-state index in [0.717, 1.165) is 12.3 Å². The molecule has 0 aromatic heterocycles. The van der Waals surface area contributed by atoms with Gasteiger partial charge in [-0.25, -0.2) is 0 Å². The molecule has 18 heavy (non-hydrogen) atoms. The summed E-state index contributed by atoms with van der Waals surface area (Å²) in [6.45, 7) is 4.43. The number of hydrogen-bond donors (Lipinski definition) is 1. The Kier molecular flexibility index (Phi) is 8.15. The molecule has 106 valence electrons. The van der Waals surface area contributed by atoms with Gasteiger partial charge < -0.3 is 10.1 Å². The van der Waals surface area contributed by atoms with Crippen LogP contribution < -0.4 is 5.32 Å². The predicted molar refractivity (Wildman–Crippen MR) is 78.6 cm³/mol. The van der Waals surface area contributed by atoms with E-state index in [1.165, 1.54) is 44.9 Å². The highest BCUT2D eigenvalue weighted by molar-refractivity contribution is 4.85. The molecule has 2 unspecified atom stereocenters. The van der Waals surface area contributed by atoms with Crippen molar-refractivity contribution < 1.29 is 4.74 Å². The zero-order chi connectivity index (χ0) is 13.2. The second-order valence-electron chi connectivity index (χ2n) is 5.66. The summed E-state index contributed by atoms with van der Waals surface area (Å²) < 4.78 is 5.68. The summed E-state index contributed by atoms with van der Waals surface area (Å²) in [7, 11) is 1.85. The molecule has 1 N–H and O–H groups in total. The maximum Gasteiger partial charge on any atom is 0.0771 e. The van der Waals surface area contributed by atoms with Crippen LogP contribution >= 0.6 is 0 Å². The highest BCUT2D eigenvalue weighted by atomic mass is 16.5. The molecule has 0 radical (unpaired) electrons. The van der Waals surface area contributed by atoms with Gasteiger partial charge in [-0.15, -0.1) is 0 Å². The number of allylic oxidation sites excluding steroid dienone is 1. The van der Waals surface area contributed by atoms with Gasteiger partial charge in [-0.05, 0) is 31.9 Å². The molecule has 0 aromatic carbocycles. The van der Waals surface area contributed by atoms with Gasteiger partial charge in [0.2, 0.25) is 0 Å². The smallest absolute Gasteiger partial charge is 0.0771 e. The number of methoxy groups -OCH3 is 1. The van der Waals surface area contributed by atoms with Crippen molar-refractivity contribution in [2.45, 2.75) is 77.4 Å². The van der Waals surface area contributed by atoms with Gasteiger partial charge in [-0.1, -0.05) is 51.5 Å². The summed E-state index contributed by atoms with van der Waals surface area (Å²) >= 11 is 0. The fraction of sp³-hybridized carbons (Fsp3) is 0.875. The normalized spacial score (nSPS) is 21.1. The van der Waals surface area contributed by atoms with Crippen LogP contribution in [0.2, 0.25) is 0 Å². The van der Waals surface area contributed by atoms with Crippen molar-refractivity contribution >= 4 is 0 Å². The molecule has 0 saturated heterocycles. The van der Waals surface area contributed by atoms with Gasteiger partial charge in [-0.2, -0.15) is 0 Å². The standard InChI is InChI=1S/C16H31NO/c1-4-5-9-12-17-14(2)16(18-3)13-15-10-7-6-8-11-15/h9,12,14-17H,4-8,10-11,13H2,1-3H3/b12-9+. The largest absolute Gasteiger partial charge is 0.386 e. The number of ether oxygens (including phenoxy) is 1. The van der Waals surface area contributed by atoms with E-state index in [2.05, 4.69) is 31.4 Å². The lowest BCUT2D eigenvalue weighted by molar-refractivity contribution is 0.0515. The quantitative estimate of drug-likeness (QED) is 0.697. The molecule has 2 heteroatoms. The summed E-state index contributed by atoms with van der Waals surface area (Å²) in [6.07, 6.45) is 15.3. The van der Waals surface area contributed by atoms with Gasteiger partial charge in [0.25, 0.3) is 0 Å². The molecular formula is C16H31NO. The van der Waals surface area contributed by atoms with Gasteiger partial charge in [0.15, 0.2) is 0 Å². The van der Waals surface area contributed by atoms with E-state index in [1.54, 1.807) is 0 Å². The van der Waals surface area contributed by atoms with Crippen LogP contribution in [0.4, 0.5) is 0 Å². The third kappa shape index (κ3) is 5.90. The highest BCUT2D eigenvalue weighted by Gasteiger charge is 2.22. The molecule has 1 fully saturated rings. The summed E-state index contributed by atoms with van der Waals surface area (Å²) in [5.41, 5.74) is 0. The van der Waals surface area contributed by atoms with E-state index in [1.807, 2.05) is 7.11 Å². The molecule has 0 heterocycles. The van der Waals surface area contributed by atoms with Crippen LogP contribution in [0, 0.1) is 5.92 Å². The Hall–Kier alpha value is -0.500. The maximum absolute atomic E-state index is 5.68. The zero-order valence-electron chi connectivity index (χ0n) is 12.5. The fourth-order valence-corrected chi connectivity index (χ4v) is 2.83. The lowest BCUT2D eigenvalue weighted by Crippen LogP contribution is -2.37. The van der Waals surface area contributed by atoms with Gasteiger partial charge in [0.1, 0.15) is 0 Å². The van der Waals surface area contributed by atoms with Crippen LogP contribution in [-0.4, -0.2) is 19.3 Å².